The molecule has 0 bridgehead atoms. The summed E-state index contributed by atoms with van der Waals surface area (Å²) in [5.41, 5.74) is 0.442. The smallest absolute Gasteiger partial charge is 0.252 e. The number of aliphatic hydroxyl groups is 1. The van der Waals surface area contributed by atoms with E-state index in [1.807, 2.05) is 12.1 Å². The number of halogens is 3. The second-order valence-electron chi connectivity index (χ2n) is 8.19. The molecule has 0 heterocycles. The molecule has 29 heavy (non-hydrogen) atoms. The molecule has 2 fully saturated rings. The maximum atomic E-state index is 14.1. The maximum absolute atomic E-state index is 14.1. The first kappa shape index (κ1) is 20.3. The zero-order valence-electron chi connectivity index (χ0n) is 16.0. The minimum absolute atomic E-state index is 0.135. The van der Waals surface area contributed by atoms with Gasteiger partial charge >= 0.3 is 0 Å². The van der Waals surface area contributed by atoms with E-state index in [-0.39, 0.29) is 36.6 Å². The summed E-state index contributed by atoms with van der Waals surface area (Å²) in [4.78, 5) is 13.2. The zero-order chi connectivity index (χ0) is 20.6. The lowest BCUT2D eigenvalue weighted by molar-refractivity contribution is -0.0445. The molecule has 6 heteroatoms. The van der Waals surface area contributed by atoms with Gasteiger partial charge in [0.1, 0.15) is 12.0 Å². The van der Waals surface area contributed by atoms with Gasteiger partial charge in [0.2, 0.25) is 0 Å². The van der Waals surface area contributed by atoms with Crippen molar-refractivity contribution in [2.45, 2.75) is 62.3 Å². The first-order chi connectivity index (χ1) is 13.9. The number of amides is 1. The maximum Gasteiger partial charge on any atom is 0.252 e. The summed E-state index contributed by atoms with van der Waals surface area (Å²) in [6, 6.07) is 10.8. The van der Waals surface area contributed by atoms with Gasteiger partial charge in [-0.15, -0.1) is 0 Å². The molecule has 2 saturated carbocycles. The van der Waals surface area contributed by atoms with Gasteiger partial charge in [-0.05, 0) is 67.7 Å². The molecule has 0 aromatic heterocycles. The lowest BCUT2D eigenvalue weighted by Crippen LogP contribution is -2.48. The van der Waals surface area contributed by atoms with Crippen molar-refractivity contribution in [2.24, 2.45) is 0 Å². The Balaban J connectivity index is 1.69. The monoisotopic (exact) mass is 419 g/mol. The van der Waals surface area contributed by atoms with E-state index >= 15 is 0 Å². The molecule has 1 atom stereocenters. The Kier molecular flexibility index (Phi) is 5.63. The summed E-state index contributed by atoms with van der Waals surface area (Å²) < 4.78 is 27.9. The third-order valence-corrected chi connectivity index (χ3v) is 6.51. The number of carbonyl (C=O) groups excluding carboxylic acids is 1. The summed E-state index contributed by atoms with van der Waals surface area (Å²) in [7, 11) is 0. The van der Waals surface area contributed by atoms with Crippen molar-refractivity contribution in [3.63, 3.8) is 0 Å². The van der Waals surface area contributed by atoms with E-state index in [0.717, 1.165) is 18.4 Å². The Hall–Kier alpha value is -1.98. The van der Waals surface area contributed by atoms with Crippen LogP contribution in [0.25, 0.3) is 0 Å². The molecule has 0 spiro atoms. The van der Waals surface area contributed by atoms with Crippen molar-refractivity contribution in [3.8, 4) is 0 Å². The molecular weight excluding hydrogens is 396 g/mol. The van der Waals surface area contributed by atoms with Gasteiger partial charge in [-0.3, -0.25) is 4.79 Å². The van der Waals surface area contributed by atoms with Gasteiger partial charge in [0, 0.05) is 5.56 Å². The standard InChI is InChI=1S/C23H24ClF2NO2/c24-20-18(6-3-7-19(20)26)21(23(29)12-10-15(25)11-13-23)27-22(28)17-5-2-1-4-16(17)14-8-9-14/h1-7,14-15,21,29H,8-13H2,(H,27,28)/t15-,21?,23-. The second-order valence-corrected chi connectivity index (χ2v) is 8.57. The minimum Gasteiger partial charge on any atom is -0.387 e. The molecule has 0 saturated heterocycles. The molecule has 2 aliphatic carbocycles. The molecule has 1 unspecified atom stereocenters. The molecule has 4 rings (SSSR count). The van der Waals surface area contributed by atoms with E-state index in [0.29, 0.717) is 17.0 Å². The molecule has 0 radical (unpaired) electrons. The zero-order valence-corrected chi connectivity index (χ0v) is 16.8. The van der Waals surface area contributed by atoms with E-state index in [1.54, 1.807) is 18.2 Å². The molecule has 154 valence electrons. The van der Waals surface area contributed by atoms with Crippen LogP contribution in [-0.2, 0) is 0 Å². The number of alkyl halides is 1. The van der Waals surface area contributed by atoms with Gasteiger partial charge in [-0.1, -0.05) is 41.9 Å². The van der Waals surface area contributed by atoms with Crippen molar-refractivity contribution in [1.29, 1.82) is 0 Å². The van der Waals surface area contributed by atoms with Crippen molar-refractivity contribution in [2.75, 3.05) is 0 Å². The third-order valence-electron chi connectivity index (χ3n) is 6.11. The highest BCUT2D eigenvalue weighted by Crippen LogP contribution is 2.44. The van der Waals surface area contributed by atoms with Crippen LogP contribution in [-0.4, -0.2) is 22.8 Å². The summed E-state index contributed by atoms with van der Waals surface area (Å²) in [6.07, 6.45) is 1.82. The van der Waals surface area contributed by atoms with Crippen LogP contribution >= 0.6 is 11.6 Å². The highest BCUT2D eigenvalue weighted by Gasteiger charge is 2.43. The molecule has 3 nitrogen and oxygen atoms in total. The first-order valence-corrected chi connectivity index (χ1v) is 10.5. The third kappa shape index (κ3) is 4.17. The largest absolute Gasteiger partial charge is 0.387 e. The average molecular weight is 420 g/mol. The average Bonchev–Trinajstić information content (AvgIpc) is 3.56. The fourth-order valence-electron chi connectivity index (χ4n) is 4.28. The highest BCUT2D eigenvalue weighted by atomic mass is 35.5. The van der Waals surface area contributed by atoms with Crippen LogP contribution in [0.1, 0.15) is 72.0 Å². The van der Waals surface area contributed by atoms with Crippen LogP contribution in [0.2, 0.25) is 5.02 Å². The quantitative estimate of drug-likeness (QED) is 0.675. The molecular formula is C23H24ClF2NO2. The van der Waals surface area contributed by atoms with Crippen molar-refractivity contribution in [1.82, 2.24) is 5.32 Å². The van der Waals surface area contributed by atoms with Gasteiger partial charge in [0.05, 0.1) is 16.7 Å². The van der Waals surface area contributed by atoms with Gasteiger partial charge in [0.25, 0.3) is 5.91 Å². The lowest BCUT2D eigenvalue weighted by atomic mass is 9.76. The van der Waals surface area contributed by atoms with Crippen molar-refractivity contribution >= 4 is 17.5 Å². The molecule has 1 amide bonds. The fourth-order valence-corrected chi connectivity index (χ4v) is 4.51. The number of nitrogens with one attached hydrogen (secondary N) is 1. The van der Waals surface area contributed by atoms with Crippen LogP contribution in [0.5, 0.6) is 0 Å². The summed E-state index contributed by atoms with van der Waals surface area (Å²) >= 11 is 6.21. The van der Waals surface area contributed by atoms with Gasteiger partial charge in [-0.25, -0.2) is 8.78 Å². The first-order valence-electron chi connectivity index (χ1n) is 10.1. The Morgan fingerprint density at radius 2 is 1.79 bits per heavy atom. The SMILES string of the molecule is O=C(NC(c1cccc(F)c1Cl)[C@]1(O)CC[C@H](F)CC1)c1ccccc1C1CC1. The van der Waals surface area contributed by atoms with Crippen LogP contribution in [0.3, 0.4) is 0 Å². The molecule has 2 aliphatic rings. The van der Waals surface area contributed by atoms with E-state index < -0.39 is 23.6 Å². The molecule has 2 aromatic rings. The highest BCUT2D eigenvalue weighted by molar-refractivity contribution is 6.31. The van der Waals surface area contributed by atoms with Gasteiger partial charge < -0.3 is 10.4 Å². The number of carbonyl (C=O) groups is 1. The Morgan fingerprint density at radius 3 is 2.48 bits per heavy atom. The van der Waals surface area contributed by atoms with Crippen LogP contribution in [0.4, 0.5) is 8.78 Å². The van der Waals surface area contributed by atoms with Crippen LogP contribution in [0, 0.1) is 5.82 Å². The summed E-state index contributed by atoms with van der Waals surface area (Å²) in [6.45, 7) is 0. The Labute approximate surface area is 174 Å². The van der Waals surface area contributed by atoms with Crippen molar-refractivity contribution < 1.29 is 18.7 Å². The minimum atomic E-state index is -1.40. The van der Waals surface area contributed by atoms with Gasteiger partial charge in [0.15, 0.2) is 0 Å². The molecule has 2 aromatic carbocycles. The topological polar surface area (TPSA) is 49.3 Å². The summed E-state index contributed by atoms with van der Waals surface area (Å²) in [5, 5.41) is 14.1. The predicted molar refractivity (Wildman–Crippen MR) is 108 cm³/mol. The van der Waals surface area contributed by atoms with E-state index in [2.05, 4.69) is 5.32 Å². The second kappa shape index (κ2) is 8.04. The predicted octanol–water partition coefficient (Wildman–Crippen LogP) is 5.47. The number of hydrogen-bond donors (Lipinski definition) is 2. The van der Waals surface area contributed by atoms with Crippen LogP contribution < -0.4 is 5.32 Å². The molecule has 0 aliphatic heterocycles. The number of hydrogen-bond acceptors (Lipinski definition) is 2. The Bertz CT molecular complexity index is 908. The number of benzene rings is 2. The Morgan fingerprint density at radius 1 is 1.10 bits per heavy atom. The van der Waals surface area contributed by atoms with Crippen LogP contribution in [0.15, 0.2) is 42.5 Å². The molecule has 2 N–H and O–H groups in total. The number of rotatable bonds is 5. The van der Waals surface area contributed by atoms with E-state index in [9.17, 15) is 18.7 Å². The lowest BCUT2D eigenvalue weighted by Gasteiger charge is -2.41. The van der Waals surface area contributed by atoms with E-state index in [4.69, 9.17) is 11.6 Å². The fraction of sp³-hybridized carbons (Fsp3) is 0.435. The summed E-state index contributed by atoms with van der Waals surface area (Å²) in [5.74, 6) is -0.587. The van der Waals surface area contributed by atoms with E-state index in [1.165, 1.54) is 12.1 Å². The van der Waals surface area contributed by atoms with Gasteiger partial charge in [-0.2, -0.15) is 0 Å². The van der Waals surface area contributed by atoms with Crippen molar-refractivity contribution in [3.05, 3.63) is 70.0 Å². The normalized spacial score (nSPS) is 25.4.